The standard InChI is InChI=1S/C25H23ClN2O5S.H2/c1-28(2)34(30,31)19-5-3-4-16(12-19)20-14-18(7-8-21(20)26)27-24(29)25(10-11-25)17-6-9-22-23(13-17)33-15-32-22;/h3-9,12-14H,10-11,15H2,1-2H3,(H,27,29);1H. The largest absolute Gasteiger partial charge is 0.454 e. The number of halogens is 1. The minimum absolute atomic E-state index is 0. The minimum Gasteiger partial charge on any atom is -0.454 e. The lowest BCUT2D eigenvalue weighted by Gasteiger charge is -2.17. The van der Waals surface area contributed by atoms with Gasteiger partial charge in [-0.1, -0.05) is 29.8 Å². The van der Waals surface area contributed by atoms with Gasteiger partial charge in [-0.05, 0) is 66.4 Å². The summed E-state index contributed by atoms with van der Waals surface area (Å²) < 4.78 is 37.1. The molecule has 3 aromatic rings. The molecule has 2 aliphatic rings. The van der Waals surface area contributed by atoms with E-state index < -0.39 is 15.4 Å². The number of carbonyl (C=O) groups is 1. The van der Waals surface area contributed by atoms with E-state index in [1.807, 2.05) is 18.2 Å². The number of nitrogens with one attached hydrogen (secondary N) is 1. The van der Waals surface area contributed by atoms with Gasteiger partial charge in [0.15, 0.2) is 11.5 Å². The lowest BCUT2D eigenvalue weighted by atomic mass is 9.94. The molecule has 7 nitrogen and oxygen atoms in total. The van der Waals surface area contributed by atoms with Gasteiger partial charge in [-0.2, -0.15) is 0 Å². The van der Waals surface area contributed by atoms with Crippen molar-refractivity contribution >= 4 is 33.2 Å². The summed E-state index contributed by atoms with van der Waals surface area (Å²) in [7, 11) is -0.624. The minimum atomic E-state index is -3.59. The van der Waals surface area contributed by atoms with Crippen molar-refractivity contribution < 1.29 is 24.1 Å². The van der Waals surface area contributed by atoms with Crippen molar-refractivity contribution in [2.75, 3.05) is 26.2 Å². The van der Waals surface area contributed by atoms with Crippen LogP contribution in [0, 0.1) is 0 Å². The van der Waals surface area contributed by atoms with Crippen LogP contribution in [0.15, 0.2) is 65.6 Å². The Hall–Kier alpha value is -3.07. The van der Waals surface area contributed by atoms with E-state index in [9.17, 15) is 13.2 Å². The molecular formula is C25H25ClN2O5S. The van der Waals surface area contributed by atoms with Crippen LogP contribution in [0.3, 0.4) is 0 Å². The number of benzene rings is 3. The highest BCUT2D eigenvalue weighted by Gasteiger charge is 2.51. The third-order valence-electron chi connectivity index (χ3n) is 6.26. The zero-order valence-electron chi connectivity index (χ0n) is 18.7. The monoisotopic (exact) mass is 500 g/mol. The number of hydrogen-bond donors (Lipinski definition) is 1. The third kappa shape index (κ3) is 3.91. The number of carbonyl (C=O) groups excluding carboxylic acids is 1. The molecule has 1 heterocycles. The number of amides is 1. The van der Waals surface area contributed by atoms with Crippen LogP contribution in [0.5, 0.6) is 11.5 Å². The molecule has 0 radical (unpaired) electrons. The Kier molecular flexibility index (Phi) is 5.55. The second kappa shape index (κ2) is 8.30. The highest BCUT2D eigenvalue weighted by molar-refractivity contribution is 7.89. The molecule has 1 N–H and O–H groups in total. The van der Waals surface area contributed by atoms with Crippen LogP contribution in [0.4, 0.5) is 5.69 Å². The predicted molar refractivity (Wildman–Crippen MR) is 132 cm³/mol. The predicted octanol–water partition coefficient (Wildman–Crippen LogP) is 4.90. The van der Waals surface area contributed by atoms with Crippen LogP contribution in [0.1, 0.15) is 19.8 Å². The number of ether oxygens (including phenoxy) is 2. The Morgan fingerprint density at radius 1 is 1.03 bits per heavy atom. The highest BCUT2D eigenvalue weighted by Crippen LogP contribution is 2.51. The number of sulfonamides is 1. The molecule has 0 bridgehead atoms. The molecule has 34 heavy (non-hydrogen) atoms. The van der Waals surface area contributed by atoms with Crippen molar-refractivity contribution in [2.45, 2.75) is 23.2 Å². The summed E-state index contributed by atoms with van der Waals surface area (Å²) in [6, 6.07) is 17.4. The van der Waals surface area contributed by atoms with Gasteiger partial charge in [-0.3, -0.25) is 4.79 Å². The van der Waals surface area contributed by atoms with Gasteiger partial charge in [0.2, 0.25) is 22.7 Å². The maximum absolute atomic E-state index is 13.3. The van der Waals surface area contributed by atoms with Gasteiger partial charge >= 0.3 is 0 Å². The first-order valence-electron chi connectivity index (χ1n) is 10.7. The Labute approximate surface area is 204 Å². The quantitative estimate of drug-likeness (QED) is 0.520. The van der Waals surface area contributed by atoms with Gasteiger partial charge < -0.3 is 14.8 Å². The molecule has 1 fully saturated rings. The van der Waals surface area contributed by atoms with Crippen LogP contribution >= 0.6 is 11.6 Å². The summed E-state index contributed by atoms with van der Waals surface area (Å²) in [6.45, 7) is 0.183. The van der Waals surface area contributed by atoms with Crippen molar-refractivity contribution in [1.29, 1.82) is 0 Å². The van der Waals surface area contributed by atoms with Crippen molar-refractivity contribution in [3.05, 3.63) is 71.2 Å². The zero-order chi connectivity index (χ0) is 24.1. The average Bonchev–Trinajstić information content (AvgIpc) is 3.51. The third-order valence-corrected chi connectivity index (χ3v) is 8.40. The molecule has 0 aromatic heterocycles. The Balaban J connectivity index is 0.00000289. The molecule has 9 heteroatoms. The maximum Gasteiger partial charge on any atom is 0.242 e. The summed E-state index contributed by atoms with van der Waals surface area (Å²) in [5, 5.41) is 3.47. The fourth-order valence-electron chi connectivity index (χ4n) is 4.08. The SMILES string of the molecule is CN(C)S(=O)(=O)c1cccc(-c2cc(NC(=O)C3(c4ccc5c(c4)OCO5)CC3)ccc2Cl)c1.[HH]. The topological polar surface area (TPSA) is 84.9 Å². The molecule has 1 amide bonds. The summed E-state index contributed by atoms with van der Waals surface area (Å²) in [5.74, 6) is 1.22. The normalized spacial score (nSPS) is 15.9. The first-order chi connectivity index (χ1) is 16.2. The molecule has 3 aromatic carbocycles. The van der Waals surface area contributed by atoms with Gasteiger partial charge in [0, 0.05) is 31.8 Å². The lowest BCUT2D eigenvalue weighted by molar-refractivity contribution is -0.118. The van der Waals surface area contributed by atoms with E-state index in [2.05, 4.69) is 5.32 Å². The zero-order valence-corrected chi connectivity index (χ0v) is 20.2. The van der Waals surface area contributed by atoms with Crippen molar-refractivity contribution in [3.8, 4) is 22.6 Å². The molecule has 0 saturated heterocycles. The van der Waals surface area contributed by atoms with Crippen LogP contribution in [0.2, 0.25) is 5.02 Å². The first-order valence-corrected chi connectivity index (χ1v) is 12.6. The number of hydrogen-bond acceptors (Lipinski definition) is 5. The van der Waals surface area contributed by atoms with Crippen molar-refractivity contribution in [3.63, 3.8) is 0 Å². The molecule has 5 rings (SSSR count). The van der Waals surface area contributed by atoms with E-state index in [1.54, 1.807) is 42.5 Å². The molecule has 178 valence electrons. The highest BCUT2D eigenvalue weighted by atomic mass is 35.5. The number of rotatable bonds is 6. The molecular weight excluding hydrogens is 476 g/mol. The molecule has 0 atom stereocenters. The van der Waals surface area contributed by atoms with Gasteiger partial charge in [-0.15, -0.1) is 0 Å². The van der Waals surface area contributed by atoms with E-state index >= 15 is 0 Å². The number of anilines is 1. The number of fused-ring (bicyclic) bond motifs is 1. The van der Waals surface area contributed by atoms with Gasteiger partial charge in [-0.25, -0.2) is 12.7 Å². The summed E-state index contributed by atoms with van der Waals surface area (Å²) in [4.78, 5) is 13.5. The molecule has 1 saturated carbocycles. The molecule has 0 spiro atoms. The summed E-state index contributed by atoms with van der Waals surface area (Å²) >= 11 is 6.45. The van der Waals surface area contributed by atoms with Gasteiger partial charge in [0.05, 0.1) is 10.3 Å². The van der Waals surface area contributed by atoms with E-state index in [4.69, 9.17) is 21.1 Å². The molecule has 1 aliphatic heterocycles. The maximum atomic E-state index is 13.3. The van der Waals surface area contributed by atoms with E-state index in [0.717, 1.165) is 22.7 Å². The lowest BCUT2D eigenvalue weighted by Crippen LogP contribution is -2.27. The van der Waals surface area contributed by atoms with E-state index in [1.165, 1.54) is 14.1 Å². The van der Waals surface area contributed by atoms with E-state index in [0.29, 0.717) is 33.3 Å². The summed E-state index contributed by atoms with van der Waals surface area (Å²) in [6.07, 6.45) is 1.48. The fraction of sp³-hybridized carbons (Fsp3) is 0.240. The van der Waals surface area contributed by atoms with Gasteiger partial charge in [0.1, 0.15) is 0 Å². The number of nitrogens with zero attached hydrogens (tertiary/aromatic N) is 1. The first kappa shape index (κ1) is 22.7. The Bertz CT molecular complexity index is 1410. The molecule has 0 unspecified atom stereocenters. The second-order valence-corrected chi connectivity index (χ2v) is 11.2. The van der Waals surface area contributed by atoms with Crippen LogP contribution in [0.25, 0.3) is 11.1 Å². The van der Waals surface area contributed by atoms with Gasteiger partial charge in [0.25, 0.3) is 0 Å². The molecule has 1 aliphatic carbocycles. The average molecular weight is 501 g/mol. The van der Waals surface area contributed by atoms with Crippen molar-refractivity contribution in [2.24, 2.45) is 0 Å². The van der Waals surface area contributed by atoms with Crippen LogP contribution in [-0.4, -0.2) is 39.5 Å². The fourth-order valence-corrected chi connectivity index (χ4v) is 5.25. The summed E-state index contributed by atoms with van der Waals surface area (Å²) in [5.41, 5.74) is 2.13. The van der Waals surface area contributed by atoms with Crippen LogP contribution < -0.4 is 14.8 Å². The van der Waals surface area contributed by atoms with E-state index in [-0.39, 0.29) is 19.0 Å². The van der Waals surface area contributed by atoms with Crippen molar-refractivity contribution in [1.82, 2.24) is 4.31 Å². The smallest absolute Gasteiger partial charge is 0.242 e. The Morgan fingerprint density at radius 3 is 2.53 bits per heavy atom. The second-order valence-electron chi connectivity index (χ2n) is 8.61. The Morgan fingerprint density at radius 2 is 1.79 bits per heavy atom. The van der Waals surface area contributed by atoms with Crippen LogP contribution in [-0.2, 0) is 20.2 Å².